The minimum absolute atomic E-state index is 0.189. The fourth-order valence-corrected chi connectivity index (χ4v) is 3.15. The van der Waals surface area contributed by atoms with E-state index in [9.17, 15) is 13.5 Å². The lowest BCUT2D eigenvalue weighted by Gasteiger charge is -2.25. The van der Waals surface area contributed by atoms with Crippen LogP contribution in [-0.2, 0) is 9.84 Å². The van der Waals surface area contributed by atoms with Gasteiger partial charge in [0.2, 0.25) is 0 Å². The lowest BCUT2D eigenvalue weighted by molar-refractivity contribution is 0.107. The summed E-state index contributed by atoms with van der Waals surface area (Å²) in [7, 11) is -2.85. The lowest BCUT2D eigenvalue weighted by atomic mass is 9.89. The van der Waals surface area contributed by atoms with Crippen LogP contribution in [0.3, 0.4) is 0 Å². The average molecular weight is 206 g/mol. The fourth-order valence-electron chi connectivity index (χ4n) is 1.89. The highest BCUT2D eigenvalue weighted by atomic mass is 32.2. The van der Waals surface area contributed by atoms with Gasteiger partial charge in [-0.05, 0) is 25.2 Å². The van der Waals surface area contributed by atoms with E-state index in [1.54, 1.807) is 6.92 Å². The van der Waals surface area contributed by atoms with Gasteiger partial charge in [0.15, 0.2) is 0 Å². The Balaban J connectivity index is 2.45. The Bertz CT molecular complexity index is 246. The van der Waals surface area contributed by atoms with Crippen LogP contribution in [0, 0.1) is 5.92 Å². The second-order valence-electron chi connectivity index (χ2n) is 3.89. The summed E-state index contributed by atoms with van der Waals surface area (Å²) >= 11 is 0. The van der Waals surface area contributed by atoms with Crippen LogP contribution < -0.4 is 0 Å². The van der Waals surface area contributed by atoms with Gasteiger partial charge in [0, 0.05) is 5.75 Å². The van der Waals surface area contributed by atoms with Gasteiger partial charge in [-0.1, -0.05) is 13.3 Å². The summed E-state index contributed by atoms with van der Waals surface area (Å²) in [6, 6.07) is 0. The van der Waals surface area contributed by atoms with Crippen molar-refractivity contribution in [2.45, 2.75) is 38.7 Å². The van der Waals surface area contributed by atoms with Crippen molar-refractivity contribution < 1.29 is 13.5 Å². The maximum Gasteiger partial charge on any atom is 0.150 e. The first-order chi connectivity index (χ1) is 6.03. The highest BCUT2D eigenvalue weighted by Gasteiger charge is 2.24. The molecular weight excluding hydrogens is 188 g/mol. The van der Waals surface area contributed by atoms with Crippen molar-refractivity contribution in [3.8, 4) is 0 Å². The zero-order valence-electron chi connectivity index (χ0n) is 8.07. The molecule has 0 aromatic heterocycles. The third kappa shape index (κ3) is 3.65. The van der Waals surface area contributed by atoms with Crippen LogP contribution in [-0.4, -0.2) is 31.1 Å². The van der Waals surface area contributed by atoms with Crippen molar-refractivity contribution in [3.05, 3.63) is 0 Å². The minimum Gasteiger partial charge on any atom is -0.393 e. The van der Waals surface area contributed by atoms with E-state index in [4.69, 9.17) is 0 Å². The van der Waals surface area contributed by atoms with Gasteiger partial charge in [0.25, 0.3) is 0 Å². The number of hydrogen-bond acceptors (Lipinski definition) is 3. The Hall–Kier alpha value is -0.0900. The summed E-state index contributed by atoms with van der Waals surface area (Å²) in [5.74, 6) is 0.675. The first-order valence-electron chi connectivity index (χ1n) is 4.92. The van der Waals surface area contributed by atoms with Crippen molar-refractivity contribution in [1.82, 2.24) is 0 Å². The lowest BCUT2D eigenvalue weighted by Crippen LogP contribution is -2.26. The van der Waals surface area contributed by atoms with Crippen LogP contribution in [0.1, 0.15) is 32.6 Å². The van der Waals surface area contributed by atoms with E-state index in [0.29, 0.717) is 6.42 Å². The zero-order chi connectivity index (χ0) is 9.90. The molecule has 0 heterocycles. The van der Waals surface area contributed by atoms with Gasteiger partial charge in [0.1, 0.15) is 9.84 Å². The zero-order valence-corrected chi connectivity index (χ0v) is 8.89. The third-order valence-corrected chi connectivity index (χ3v) is 4.54. The van der Waals surface area contributed by atoms with Gasteiger partial charge < -0.3 is 5.11 Å². The first kappa shape index (κ1) is 11.0. The summed E-state index contributed by atoms with van der Waals surface area (Å²) in [6.45, 7) is 1.68. The predicted octanol–water partition coefficient (Wildman–Crippen LogP) is 0.972. The van der Waals surface area contributed by atoms with E-state index in [-0.39, 0.29) is 23.5 Å². The van der Waals surface area contributed by atoms with Crippen LogP contribution in [0.4, 0.5) is 0 Å². The SMILES string of the molecule is CCS(=O)(=O)CC1CCCC(O)C1. The van der Waals surface area contributed by atoms with Crippen molar-refractivity contribution in [3.63, 3.8) is 0 Å². The highest BCUT2D eigenvalue weighted by molar-refractivity contribution is 7.91. The number of aliphatic hydroxyl groups is 1. The van der Waals surface area contributed by atoms with Crippen LogP contribution in [0.5, 0.6) is 0 Å². The van der Waals surface area contributed by atoms with Gasteiger partial charge in [-0.15, -0.1) is 0 Å². The van der Waals surface area contributed by atoms with E-state index in [2.05, 4.69) is 0 Å². The molecule has 0 aromatic carbocycles. The van der Waals surface area contributed by atoms with Crippen molar-refractivity contribution in [1.29, 1.82) is 0 Å². The maximum atomic E-state index is 11.3. The molecule has 3 nitrogen and oxygen atoms in total. The summed E-state index contributed by atoms with van der Waals surface area (Å²) in [5, 5.41) is 9.35. The Morgan fingerprint density at radius 3 is 2.62 bits per heavy atom. The molecule has 1 aliphatic rings. The Morgan fingerprint density at radius 2 is 2.08 bits per heavy atom. The standard InChI is InChI=1S/C9H18O3S/c1-2-13(11,12)7-8-4-3-5-9(10)6-8/h8-10H,2-7H2,1H3. The number of aliphatic hydroxyl groups excluding tert-OH is 1. The molecule has 2 unspecified atom stereocenters. The molecule has 0 aromatic rings. The van der Waals surface area contributed by atoms with Crippen LogP contribution in [0.2, 0.25) is 0 Å². The Morgan fingerprint density at radius 1 is 1.38 bits per heavy atom. The summed E-state index contributed by atoms with van der Waals surface area (Å²) in [5.41, 5.74) is 0. The van der Waals surface area contributed by atoms with Gasteiger partial charge in [-0.2, -0.15) is 0 Å². The van der Waals surface area contributed by atoms with Gasteiger partial charge >= 0.3 is 0 Å². The smallest absolute Gasteiger partial charge is 0.150 e. The summed E-state index contributed by atoms with van der Waals surface area (Å²) in [6.07, 6.45) is 3.15. The largest absolute Gasteiger partial charge is 0.393 e. The molecule has 0 spiro atoms. The molecule has 1 N–H and O–H groups in total. The van der Waals surface area contributed by atoms with E-state index in [1.165, 1.54) is 0 Å². The predicted molar refractivity (Wildman–Crippen MR) is 52.3 cm³/mol. The molecule has 0 amide bonds. The van der Waals surface area contributed by atoms with E-state index in [1.807, 2.05) is 0 Å². The monoisotopic (exact) mass is 206 g/mol. The van der Waals surface area contributed by atoms with Gasteiger partial charge in [-0.3, -0.25) is 0 Å². The first-order valence-corrected chi connectivity index (χ1v) is 6.74. The van der Waals surface area contributed by atoms with Crippen LogP contribution >= 0.6 is 0 Å². The molecule has 2 atom stereocenters. The quantitative estimate of drug-likeness (QED) is 0.748. The van der Waals surface area contributed by atoms with Crippen LogP contribution in [0.15, 0.2) is 0 Å². The Labute approximate surface area is 80.1 Å². The molecule has 13 heavy (non-hydrogen) atoms. The normalized spacial score (nSPS) is 30.3. The molecule has 1 aliphatic carbocycles. The van der Waals surface area contributed by atoms with Crippen molar-refractivity contribution in [2.24, 2.45) is 5.92 Å². The Kier molecular flexibility index (Phi) is 3.74. The molecular formula is C9H18O3S. The van der Waals surface area contributed by atoms with E-state index < -0.39 is 9.84 Å². The van der Waals surface area contributed by atoms with Gasteiger partial charge in [-0.25, -0.2) is 8.42 Å². The van der Waals surface area contributed by atoms with Crippen molar-refractivity contribution in [2.75, 3.05) is 11.5 Å². The molecule has 78 valence electrons. The summed E-state index contributed by atoms with van der Waals surface area (Å²) < 4.78 is 22.6. The molecule has 0 aliphatic heterocycles. The average Bonchev–Trinajstić information content (AvgIpc) is 2.03. The number of hydrogen-bond donors (Lipinski definition) is 1. The third-order valence-electron chi connectivity index (χ3n) is 2.68. The molecule has 1 rings (SSSR count). The maximum absolute atomic E-state index is 11.3. The number of sulfone groups is 1. The minimum atomic E-state index is -2.85. The van der Waals surface area contributed by atoms with E-state index >= 15 is 0 Å². The number of rotatable bonds is 3. The van der Waals surface area contributed by atoms with Crippen molar-refractivity contribution >= 4 is 9.84 Å². The topological polar surface area (TPSA) is 54.4 Å². The highest BCUT2D eigenvalue weighted by Crippen LogP contribution is 2.25. The molecule has 0 radical (unpaired) electrons. The van der Waals surface area contributed by atoms with Gasteiger partial charge in [0.05, 0.1) is 11.9 Å². The molecule has 1 saturated carbocycles. The van der Waals surface area contributed by atoms with E-state index in [0.717, 1.165) is 19.3 Å². The second kappa shape index (κ2) is 4.42. The second-order valence-corrected chi connectivity index (χ2v) is 6.28. The fraction of sp³-hybridized carbons (Fsp3) is 1.00. The molecule has 0 saturated heterocycles. The molecule has 4 heteroatoms. The van der Waals surface area contributed by atoms with Crippen LogP contribution in [0.25, 0.3) is 0 Å². The molecule has 0 bridgehead atoms. The molecule has 1 fully saturated rings. The summed E-state index contributed by atoms with van der Waals surface area (Å²) in [4.78, 5) is 0.